The van der Waals surface area contributed by atoms with Gasteiger partial charge >= 0.3 is 5.97 Å². The Hall–Kier alpha value is -1.22. The number of carbonyl (C=O) groups is 1. The lowest BCUT2D eigenvalue weighted by atomic mass is 10.2. The van der Waals surface area contributed by atoms with Gasteiger partial charge in [0.05, 0.1) is 22.7 Å². The number of rotatable bonds is 5. The topological polar surface area (TPSA) is 78.7 Å². The third-order valence-corrected chi connectivity index (χ3v) is 3.17. The van der Waals surface area contributed by atoms with Crippen molar-refractivity contribution in [2.24, 2.45) is 0 Å². The molecule has 7 heteroatoms. The molecule has 0 radical (unpaired) electrons. The van der Waals surface area contributed by atoms with Crippen molar-refractivity contribution in [2.75, 3.05) is 13.2 Å². The Labute approximate surface area is 130 Å². The van der Waals surface area contributed by atoms with Gasteiger partial charge in [-0.1, -0.05) is 0 Å². The van der Waals surface area contributed by atoms with E-state index in [1.807, 2.05) is 43.4 Å². The summed E-state index contributed by atoms with van der Waals surface area (Å²) in [7, 11) is 0. The highest BCUT2D eigenvalue weighted by molar-refractivity contribution is 14.1. The summed E-state index contributed by atoms with van der Waals surface area (Å²) in [4.78, 5) is 22.0. The van der Waals surface area contributed by atoms with Gasteiger partial charge in [0.15, 0.2) is 0 Å². The predicted molar refractivity (Wildman–Crippen MR) is 81.8 cm³/mol. The van der Waals surface area contributed by atoms with E-state index in [4.69, 9.17) is 9.47 Å². The quantitative estimate of drug-likeness (QED) is 0.253. The molecule has 1 aromatic rings. The van der Waals surface area contributed by atoms with Crippen LogP contribution in [-0.4, -0.2) is 29.7 Å². The molecule has 0 aliphatic rings. The van der Waals surface area contributed by atoms with E-state index in [-0.39, 0.29) is 30.1 Å². The monoisotopic (exact) mass is 393 g/mol. The summed E-state index contributed by atoms with van der Waals surface area (Å²) < 4.78 is 11.1. The van der Waals surface area contributed by atoms with E-state index in [1.54, 1.807) is 0 Å². The van der Waals surface area contributed by atoms with Gasteiger partial charge in [-0.3, -0.25) is 10.1 Å². The fraction of sp³-hybridized carbons (Fsp3) is 0.462. The molecule has 1 aromatic carbocycles. The highest BCUT2D eigenvalue weighted by Gasteiger charge is 2.17. The van der Waals surface area contributed by atoms with E-state index in [2.05, 4.69) is 0 Å². The van der Waals surface area contributed by atoms with Crippen LogP contribution in [0.2, 0.25) is 0 Å². The molecule has 0 aliphatic carbocycles. The van der Waals surface area contributed by atoms with Crippen LogP contribution < -0.4 is 0 Å². The number of esters is 1. The van der Waals surface area contributed by atoms with Crippen molar-refractivity contribution in [1.29, 1.82) is 0 Å². The van der Waals surface area contributed by atoms with Crippen molar-refractivity contribution in [3.8, 4) is 0 Å². The van der Waals surface area contributed by atoms with Crippen LogP contribution >= 0.6 is 22.6 Å². The Kier molecular flexibility index (Phi) is 5.88. The van der Waals surface area contributed by atoms with Crippen molar-refractivity contribution in [3.63, 3.8) is 0 Å². The number of nitro benzene ring substituents is 1. The molecule has 20 heavy (non-hydrogen) atoms. The van der Waals surface area contributed by atoms with Crippen LogP contribution in [-0.2, 0) is 9.47 Å². The van der Waals surface area contributed by atoms with Crippen LogP contribution in [0.3, 0.4) is 0 Å². The molecule has 0 heterocycles. The molecular weight excluding hydrogens is 377 g/mol. The number of ether oxygens (including phenoxy) is 2. The van der Waals surface area contributed by atoms with Gasteiger partial charge in [0, 0.05) is 15.7 Å². The molecule has 0 aliphatic heterocycles. The second-order valence-corrected chi connectivity index (χ2v) is 6.18. The van der Waals surface area contributed by atoms with E-state index >= 15 is 0 Å². The molecule has 0 saturated heterocycles. The Morgan fingerprint density at radius 2 is 2.00 bits per heavy atom. The summed E-state index contributed by atoms with van der Waals surface area (Å²) in [5, 5.41) is 10.7. The Morgan fingerprint density at radius 3 is 2.55 bits per heavy atom. The summed E-state index contributed by atoms with van der Waals surface area (Å²) in [5.41, 5.74) is -0.245. The van der Waals surface area contributed by atoms with Gasteiger partial charge in [-0.25, -0.2) is 4.79 Å². The van der Waals surface area contributed by atoms with Gasteiger partial charge < -0.3 is 9.47 Å². The molecule has 1 rings (SSSR count). The molecule has 0 spiro atoms. The molecule has 110 valence electrons. The van der Waals surface area contributed by atoms with Crippen molar-refractivity contribution in [3.05, 3.63) is 37.4 Å². The fourth-order valence-electron chi connectivity index (χ4n) is 1.34. The molecule has 0 N–H and O–H groups in total. The minimum absolute atomic E-state index is 0.106. The van der Waals surface area contributed by atoms with Crippen molar-refractivity contribution in [2.45, 2.75) is 26.4 Å². The molecule has 0 aromatic heterocycles. The summed E-state index contributed by atoms with van der Waals surface area (Å²) in [5.74, 6) is -0.587. The van der Waals surface area contributed by atoms with E-state index < -0.39 is 10.9 Å². The number of nitro groups is 1. The molecule has 0 fully saturated rings. The first-order chi connectivity index (χ1) is 9.20. The average molecular weight is 393 g/mol. The maximum atomic E-state index is 11.9. The van der Waals surface area contributed by atoms with E-state index in [0.717, 1.165) is 0 Å². The summed E-state index contributed by atoms with van der Waals surface area (Å²) in [6.07, 6.45) is 0. The smallest absolute Gasteiger partial charge is 0.339 e. The lowest BCUT2D eigenvalue weighted by molar-refractivity contribution is -0.384. The second kappa shape index (κ2) is 6.98. The lowest BCUT2D eigenvalue weighted by Crippen LogP contribution is -2.22. The zero-order valence-electron chi connectivity index (χ0n) is 11.5. The van der Waals surface area contributed by atoms with Crippen LogP contribution in [0.15, 0.2) is 18.2 Å². The molecule has 0 saturated carbocycles. The Morgan fingerprint density at radius 1 is 1.35 bits per heavy atom. The zero-order valence-corrected chi connectivity index (χ0v) is 13.7. The minimum Gasteiger partial charge on any atom is -0.460 e. The zero-order chi connectivity index (χ0) is 15.3. The van der Waals surface area contributed by atoms with Crippen molar-refractivity contribution in [1.82, 2.24) is 0 Å². The van der Waals surface area contributed by atoms with Gasteiger partial charge in [-0.05, 0) is 49.4 Å². The van der Waals surface area contributed by atoms with E-state index in [0.29, 0.717) is 3.57 Å². The van der Waals surface area contributed by atoms with E-state index in [1.165, 1.54) is 18.2 Å². The number of benzene rings is 1. The van der Waals surface area contributed by atoms with Gasteiger partial charge in [-0.15, -0.1) is 0 Å². The molecule has 0 amide bonds. The summed E-state index contributed by atoms with van der Waals surface area (Å²) >= 11 is 1.93. The fourth-order valence-corrected chi connectivity index (χ4v) is 1.90. The van der Waals surface area contributed by atoms with Crippen LogP contribution in [0.4, 0.5) is 5.69 Å². The van der Waals surface area contributed by atoms with Gasteiger partial charge in [-0.2, -0.15) is 0 Å². The Bertz CT molecular complexity index is 510. The largest absolute Gasteiger partial charge is 0.460 e. The summed E-state index contributed by atoms with van der Waals surface area (Å²) in [6.45, 7) is 6.09. The third kappa shape index (κ3) is 5.41. The first-order valence-corrected chi connectivity index (χ1v) is 7.03. The van der Waals surface area contributed by atoms with Crippen LogP contribution in [0.25, 0.3) is 0 Å². The second-order valence-electron chi connectivity index (χ2n) is 5.02. The number of hydrogen-bond acceptors (Lipinski definition) is 5. The van der Waals surface area contributed by atoms with Crippen LogP contribution in [0.1, 0.15) is 31.1 Å². The number of nitrogens with zero attached hydrogens (tertiary/aromatic N) is 1. The van der Waals surface area contributed by atoms with Gasteiger partial charge in [0.1, 0.15) is 6.61 Å². The van der Waals surface area contributed by atoms with Gasteiger partial charge in [0.2, 0.25) is 0 Å². The predicted octanol–water partition coefficient (Wildman–Crippen LogP) is 3.17. The number of non-ortho nitro benzene ring substituents is 1. The minimum atomic E-state index is -0.587. The highest BCUT2D eigenvalue weighted by atomic mass is 127. The maximum Gasteiger partial charge on any atom is 0.339 e. The number of hydrogen-bond donors (Lipinski definition) is 0. The Balaban J connectivity index is 2.63. The number of halogens is 1. The molecule has 6 nitrogen and oxygen atoms in total. The molecule has 0 bridgehead atoms. The molecule has 0 unspecified atom stereocenters. The third-order valence-electron chi connectivity index (χ3n) is 2.23. The van der Waals surface area contributed by atoms with E-state index in [9.17, 15) is 14.9 Å². The molecule has 0 atom stereocenters. The lowest BCUT2D eigenvalue weighted by Gasteiger charge is -2.19. The first-order valence-electron chi connectivity index (χ1n) is 5.96. The normalized spacial score (nSPS) is 11.2. The number of carbonyl (C=O) groups excluding carboxylic acids is 1. The van der Waals surface area contributed by atoms with Crippen LogP contribution in [0, 0.1) is 13.7 Å². The van der Waals surface area contributed by atoms with Gasteiger partial charge in [0.25, 0.3) is 5.69 Å². The molecular formula is C13H16INO5. The first kappa shape index (κ1) is 16.8. The maximum absolute atomic E-state index is 11.9. The summed E-state index contributed by atoms with van der Waals surface area (Å²) in [6, 6.07) is 4.08. The van der Waals surface area contributed by atoms with Crippen molar-refractivity contribution >= 4 is 34.2 Å². The average Bonchev–Trinajstić information content (AvgIpc) is 2.33. The standard InChI is InChI=1S/C13H16INO5/c1-13(2,3)20-7-6-19-12(16)10-8-9(15(17)18)4-5-11(10)14/h4-5,8H,6-7H2,1-3H3. The van der Waals surface area contributed by atoms with Crippen LogP contribution in [0.5, 0.6) is 0 Å². The SMILES string of the molecule is CC(C)(C)OCCOC(=O)c1cc([N+](=O)[O-])ccc1I. The highest BCUT2D eigenvalue weighted by Crippen LogP contribution is 2.20. The van der Waals surface area contributed by atoms with Crippen molar-refractivity contribution < 1.29 is 19.2 Å².